The van der Waals surface area contributed by atoms with Crippen LogP contribution >= 0.6 is 0 Å². The number of para-hydroxylation sites is 1. The van der Waals surface area contributed by atoms with E-state index in [1.807, 2.05) is 26.1 Å². The Morgan fingerprint density at radius 2 is 1.90 bits per heavy atom. The molecule has 0 aromatic heterocycles. The van der Waals surface area contributed by atoms with Crippen LogP contribution in [0, 0.1) is 13.8 Å². The molecule has 0 spiro atoms. The fourth-order valence-electron chi connectivity index (χ4n) is 2.54. The third-order valence-corrected chi connectivity index (χ3v) is 3.55. The summed E-state index contributed by atoms with van der Waals surface area (Å²) in [4.78, 5) is 2.14. The Labute approximate surface area is 126 Å². The van der Waals surface area contributed by atoms with Gasteiger partial charge < -0.3 is 14.7 Å². The van der Waals surface area contributed by atoms with E-state index in [1.54, 1.807) is 6.07 Å². The summed E-state index contributed by atoms with van der Waals surface area (Å²) in [6.45, 7) is 7.29. The zero-order chi connectivity index (χ0) is 15.4. The number of ether oxygens (including phenoxy) is 1. The first-order valence-corrected chi connectivity index (χ1v) is 7.25. The molecule has 0 aliphatic heterocycles. The van der Waals surface area contributed by atoms with Crippen molar-refractivity contribution in [3.8, 4) is 11.5 Å². The van der Waals surface area contributed by atoms with Gasteiger partial charge in [-0.25, -0.2) is 0 Å². The van der Waals surface area contributed by atoms with Gasteiger partial charge in [0.15, 0.2) is 11.5 Å². The molecule has 0 amide bonds. The van der Waals surface area contributed by atoms with Crippen LogP contribution in [0.3, 0.4) is 0 Å². The van der Waals surface area contributed by atoms with E-state index >= 15 is 0 Å². The summed E-state index contributed by atoms with van der Waals surface area (Å²) in [7, 11) is 2.03. The van der Waals surface area contributed by atoms with Crippen LogP contribution in [0.5, 0.6) is 11.5 Å². The molecule has 0 unspecified atom stereocenters. The second kappa shape index (κ2) is 6.53. The number of phenolic OH excluding ortho intramolecular Hbond substituents is 1. The van der Waals surface area contributed by atoms with Crippen LogP contribution in [0.15, 0.2) is 36.4 Å². The molecule has 3 nitrogen and oxygen atoms in total. The van der Waals surface area contributed by atoms with Gasteiger partial charge in [-0.05, 0) is 38.5 Å². The minimum absolute atomic E-state index is 0.232. The Hall–Kier alpha value is -2.16. The van der Waals surface area contributed by atoms with Crippen LogP contribution in [-0.4, -0.2) is 18.8 Å². The van der Waals surface area contributed by atoms with Crippen LogP contribution in [0.2, 0.25) is 0 Å². The van der Waals surface area contributed by atoms with Gasteiger partial charge in [0, 0.05) is 24.8 Å². The van der Waals surface area contributed by atoms with E-state index in [1.165, 1.54) is 16.8 Å². The van der Waals surface area contributed by atoms with Crippen LogP contribution in [0.25, 0.3) is 0 Å². The van der Waals surface area contributed by atoms with E-state index in [0.29, 0.717) is 18.9 Å². The molecular formula is C18H23NO2. The van der Waals surface area contributed by atoms with Crippen LogP contribution in [0.1, 0.15) is 23.6 Å². The summed E-state index contributed by atoms with van der Waals surface area (Å²) >= 11 is 0. The van der Waals surface area contributed by atoms with Gasteiger partial charge in [0.25, 0.3) is 0 Å². The highest BCUT2D eigenvalue weighted by Crippen LogP contribution is 2.31. The first kappa shape index (κ1) is 15.2. The molecule has 0 aliphatic carbocycles. The number of aryl methyl sites for hydroxylation is 2. The van der Waals surface area contributed by atoms with Crippen molar-refractivity contribution in [2.75, 3.05) is 18.6 Å². The fourth-order valence-corrected chi connectivity index (χ4v) is 2.54. The highest BCUT2D eigenvalue weighted by molar-refractivity contribution is 5.55. The van der Waals surface area contributed by atoms with Gasteiger partial charge >= 0.3 is 0 Å². The summed E-state index contributed by atoms with van der Waals surface area (Å²) in [5.41, 5.74) is 4.52. The largest absolute Gasteiger partial charge is 0.504 e. The summed E-state index contributed by atoms with van der Waals surface area (Å²) in [5, 5.41) is 10.3. The number of phenols is 1. The molecule has 2 aromatic rings. The van der Waals surface area contributed by atoms with Crippen molar-refractivity contribution >= 4 is 5.69 Å². The zero-order valence-electron chi connectivity index (χ0n) is 13.2. The molecule has 3 heteroatoms. The van der Waals surface area contributed by atoms with Crippen molar-refractivity contribution in [1.29, 1.82) is 0 Å². The highest BCUT2D eigenvalue weighted by Gasteiger charge is 2.11. The van der Waals surface area contributed by atoms with Crippen molar-refractivity contribution in [2.45, 2.75) is 27.3 Å². The Bertz CT molecular complexity index is 623. The number of benzene rings is 2. The molecular weight excluding hydrogens is 262 g/mol. The lowest BCUT2D eigenvalue weighted by atomic mass is 10.1. The van der Waals surface area contributed by atoms with Crippen molar-refractivity contribution in [2.24, 2.45) is 0 Å². The second-order valence-electron chi connectivity index (χ2n) is 5.34. The lowest BCUT2D eigenvalue weighted by Gasteiger charge is -2.23. The molecule has 0 bridgehead atoms. The molecule has 2 aromatic carbocycles. The third kappa shape index (κ3) is 3.48. The van der Waals surface area contributed by atoms with Gasteiger partial charge in [-0.1, -0.05) is 29.8 Å². The molecule has 112 valence electrons. The molecule has 0 aliphatic rings. The third-order valence-electron chi connectivity index (χ3n) is 3.55. The van der Waals surface area contributed by atoms with Gasteiger partial charge in [-0.3, -0.25) is 0 Å². The quantitative estimate of drug-likeness (QED) is 0.899. The van der Waals surface area contributed by atoms with Crippen LogP contribution in [0.4, 0.5) is 5.69 Å². The molecule has 1 N–H and O–H groups in total. The summed E-state index contributed by atoms with van der Waals surface area (Å²) < 4.78 is 5.44. The monoisotopic (exact) mass is 285 g/mol. The molecule has 0 heterocycles. The number of rotatable bonds is 5. The minimum Gasteiger partial charge on any atom is -0.504 e. The van der Waals surface area contributed by atoms with Gasteiger partial charge in [0.05, 0.1) is 6.61 Å². The van der Waals surface area contributed by atoms with Crippen molar-refractivity contribution in [1.82, 2.24) is 0 Å². The molecule has 0 saturated carbocycles. The number of nitrogens with zero attached hydrogens (tertiary/aromatic N) is 1. The van der Waals surface area contributed by atoms with E-state index in [0.717, 1.165) is 5.56 Å². The molecule has 0 atom stereocenters. The molecule has 21 heavy (non-hydrogen) atoms. The van der Waals surface area contributed by atoms with Crippen molar-refractivity contribution < 1.29 is 9.84 Å². The average Bonchev–Trinajstić information content (AvgIpc) is 2.43. The Balaban J connectivity index is 2.23. The normalized spacial score (nSPS) is 10.5. The highest BCUT2D eigenvalue weighted by atomic mass is 16.5. The Kier molecular flexibility index (Phi) is 4.73. The Morgan fingerprint density at radius 1 is 1.14 bits per heavy atom. The van der Waals surface area contributed by atoms with E-state index in [2.05, 4.69) is 36.9 Å². The maximum absolute atomic E-state index is 10.3. The van der Waals surface area contributed by atoms with Gasteiger partial charge in [-0.2, -0.15) is 0 Å². The zero-order valence-corrected chi connectivity index (χ0v) is 13.2. The van der Waals surface area contributed by atoms with E-state index in [4.69, 9.17) is 4.74 Å². The minimum atomic E-state index is 0.232. The standard InChI is InChI=1S/C18H23NO2/c1-5-21-17-8-6-7-15(18(17)20)12-19(4)16-10-9-13(2)11-14(16)3/h6-11,20H,5,12H2,1-4H3. The molecule has 0 fully saturated rings. The molecule has 0 saturated heterocycles. The topological polar surface area (TPSA) is 32.7 Å². The summed E-state index contributed by atoms with van der Waals surface area (Å²) in [6, 6.07) is 12.0. The lowest BCUT2D eigenvalue weighted by molar-refractivity contribution is 0.316. The SMILES string of the molecule is CCOc1cccc(CN(C)c2ccc(C)cc2C)c1O. The van der Waals surface area contributed by atoms with Crippen molar-refractivity contribution in [3.63, 3.8) is 0 Å². The van der Waals surface area contributed by atoms with Crippen LogP contribution in [-0.2, 0) is 6.54 Å². The molecule has 0 radical (unpaired) electrons. The maximum atomic E-state index is 10.3. The number of hydrogen-bond donors (Lipinski definition) is 1. The van der Waals surface area contributed by atoms with Gasteiger partial charge in [0.2, 0.25) is 0 Å². The smallest absolute Gasteiger partial charge is 0.162 e. The number of aromatic hydroxyl groups is 1. The Morgan fingerprint density at radius 3 is 2.57 bits per heavy atom. The first-order valence-electron chi connectivity index (χ1n) is 7.25. The number of anilines is 1. The summed E-state index contributed by atoms with van der Waals surface area (Å²) in [6.07, 6.45) is 0. The summed E-state index contributed by atoms with van der Waals surface area (Å²) in [5.74, 6) is 0.778. The predicted molar refractivity (Wildman–Crippen MR) is 87.3 cm³/mol. The fraction of sp³-hybridized carbons (Fsp3) is 0.333. The van der Waals surface area contributed by atoms with E-state index in [9.17, 15) is 5.11 Å². The van der Waals surface area contributed by atoms with E-state index < -0.39 is 0 Å². The van der Waals surface area contributed by atoms with Crippen molar-refractivity contribution in [3.05, 3.63) is 53.1 Å². The maximum Gasteiger partial charge on any atom is 0.162 e. The lowest BCUT2D eigenvalue weighted by Crippen LogP contribution is -2.17. The first-order chi connectivity index (χ1) is 10.0. The van der Waals surface area contributed by atoms with Gasteiger partial charge in [-0.15, -0.1) is 0 Å². The van der Waals surface area contributed by atoms with Crippen LogP contribution < -0.4 is 9.64 Å². The average molecular weight is 285 g/mol. The number of hydrogen-bond acceptors (Lipinski definition) is 3. The van der Waals surface area contributed by atoms with E-state index in [-0.39, 0.29) is 5.75 Å². The molecule has 2 rings (SSSR count). The predicted octanol–water partition coefficient (Wildman–Crippen LogP) is 4.04. The second-order valence-corrected chi connectivity index (χ2v) is 5.34. The van der Waals surface area contributed by atoms with Gasteiger partial charge in [0.1, 0.15) is 0 Å².